The van der Waals surface area contributed by atoms with Gasteiger partial charge in [-0.3, -0.25) is 0 Å². The van der Waals surface area contributed by atoms with Crippen LogP contribution in [0.15, 0.2) is 0 Å². The van der Waals surface area contributed by atoms with Gasteiger partial charge >= 0.3 is 0 Å². The highest BCUT2D eigenvalue weighted by Crippen LogP contribution is 2.38. The van der Waals surface area contributed by atoms with E-state index >= 15 is 0 Å². The third kappa shape index (κ3) is 10.9. The first-order chi connectivity index (χ1) is 11.7. The van der Waals surface area contributed by atoms with Gasteiger partial charge in [0.2, 0.25) is 0 Å². The molecule has 0 aliphatic rings. The second-order valence-electron chi connectivity index (χ2n) is 6.51. The van der Waals surface area contributed by atoms with E-state index in [1.807, 2.05) is 21.6 Å². The van der Waals surface area contributed by atoms with Crippen molar-refractivity contribution in [3.05, 3.63) is 0 Å². The van der Waals surface area contributed by atoms with Crippen LogP contribution in [0.3, 0.4) is 0 Å². The Kier molecular flexibility index (Phi) is 18.2. The lowest BCUT2D eigenvalue weighted by molar-refractivity contribution is 0.166. The molecule has 0 aliphatic heterocycles. The lowest BCUT2D eigenvalue weighted by Gasteiger charge is -2.29. The standard InChI is InChI=1S/C18H42O2S2Si2/c1-7-13-23(14-8-2)17(19-11-5)21-22-18(20-12-6)24(15-9-3)16-10-4/h17-18,23-24H,7-16H2,1-6H3. The molecule has 0 fully saturated rings. The minimum absolute atomic E-state index is 0.459. The van der Waals surface area contributed by atoms with Gasteiger partial charge in [-0.25, -0.2) is 0 Å². The van der Waals surface area contributed by atoms with Crippen molar-refractivity contribution in [2.75, 3.05) is 13.2 Å². The molecule has 0 aromatic heterocycles. The van der Waals surface area contributed by atoms with Crippen LogP contribution in [0.1, 0.15) is 67.2 Å². The van der Waals surface area contributed by atoms with E-state index in [-0.39, 0.29) is 0 Å². The lowest BCUT2D eigenvalue weighted by atomic mass is 10.6. The second-order valence-corrected chi connectivity index (χ2v) is 16.5. The summed E-state index contributed by atoms with van der Waals surface area (Å²) in [6.07, 6.45) is 5.24. The third-order valence-corrected chi connectivity index (χ3v) is 18.1. The zero-order valence-electron chi connectivity index (χ0n) is 17.0. The molecule has 2 unspecified atom stereocenters. The molecule has 0 spiro atoms. The van der Waals surface area contributed by atoms with E-state index in [4.69, 9.17) is 9.47 Å². The van der Waals surface area contributed by atoms with Gasteiger partial charge in [0.15, 0.2) is 0 Å². The molecule has 6 heteroatoms. The first-order valence-corrected chi connectivity index (χ1v) is 17.1. The Morgan fingerprint density at radius 1 is 0.583 bits per heavy atom. The second kappa shape index (κ2) is 17.5. The van der Waals surface area contributed by atoms with Crippen molar-refractivity contribution in [2.45, 2.75) is 102 Å². The van der Waals surface area contributed by atoms with Gasteiger partial charge in [0.05, 0.1) is 27.7 Å². The van der Waals surface area contributed by atoms with Crippen molar-refractivity contribution < 1.29 is 9.47 Å². The van der Waals surface area contributed by atoms with Gasteiger partial charge in [-0.05, 0) is 13.8 Å². The SMILES string of the molecule is CCC[SiH](CCC)C(OCC)SSC(OCC)[SiH](CCC)CCC. The van der Waals surface area contributed by atoms with Crippen molar-refractivity contribution in [3.63, 3.8) is 0 Å². The van der Waals surface area contributed by atoms with Crippen LogP contribution in [0, 0.1) is 0 Å². The highest BCUT2D eigenvalue weighted by molar-refractivity contribution is 8.77. The van der Waals surface area contributed by atoms with Crippen LogP contribution in [0.25, 0.3) is 0 Å². The van der Waals surface area contributed by atoms with Crippen molar-refractivity contribution in [2.24, 2.45) is 0 Å². The molecule has 2 nitrogen and oxygen atoms in total. The van der Waals surface area contributed by atoms with Crippen LogP contribution >= 0.6 is 21.6 Å². The predicted octanol–water partition coefficient (Wildman–Crippen LogP) is 6.27. The number of rotatable bonds is 17. The highest BCUT2D eigenvalue weighted by atomic mass is 33.1. The zero-order valence-corrected chi connectivity index (χ0v) is 21.0. The van der Waals surface area contributed by atoms with Gasteiger partial charge in [0.25, 0.3) is 0 Å². The van der Waals surface area contributed by atoms with Gasteiger partial charge in [0.1, 0.15) is 0 Å². The average molecular weight is 411 g/mol. The van der Waals surface area contributed by atoms with Gasteiger partial charge in [-0.15, -0.1) is 0 Å². The summed E-state index contributed by atoms with van der Waals surface area (Å²) in [6.45, 7) is 15.3. The fraction of sp³-hybridized carbons (Fsp3) is 1.00. The monoisotopic (exact) mass is 410 g/mol. The summed E-state index contributed by atoms with van der Waals surface area (Å²) in [7, 11) is 2.40. The van der Waals surface area contributed by atoms with Crippen LogP contribution in [0.2, 0.25) is 24.2 Å². The Labute approximate surface area is 163 Å². The maximum Gasteiger partial charge on any atom is 0.0980 e. The van der Waals surface area contributed by atoms with Crippen LogP contribution in [0.5, 0.6) is 0 Å². The van der Waals surface area contributed by atoms with Gasteiger partial charge < -0.3 is 9.47 Å². The summed E-state index contributed by atoms with van der Waals surface area (Å²) in [5.74, 6) is 0. The van der Waals surface area contributed by atoms with E-state index in [1.54, 1.807) is 0 Å². The first kappa shape index (κ1) is 25.1. The fourth-order valence-corrected chi connectivity index (χ4v) is 17.3. The van der Waals surface area contributed by atoms with Gasteiger partial charge in [-0.1, -0.05) is 99.1 Å². The van der Waals surface area contributed by atoms with Gasteiger partial charge in [0, 0.05) is 13.2 Å². The number of hydrogen-bond acceptors (Lipinski definition) is 4. The minimum atomic E-state index is -0.829. The van der Waals surface area contributed by atoms with Crippen molar-refractivity contribution >= 4 is 39.2 Å². The molecule has 0 bridgehead atoms. The van der Waals surface area contributed by atoms with Crippen LogP contribution < -0.4 is 0 Å². The zero-order chi connectivity index (χ0) is 18.2. The molecule has 0 aliphatic carbocycles. The molecule has 0 aromatic carbocycles. The Morgan fingerprint density at radius 2 is 0.875 bits per heavy atom. The largest absolute Gasteiger partial charge is 0.371 e. The van der Waals surface area contributed by atoms with Crippen LogP contribution in [0.4, 0.5) is 0 Å². The topological polar surface area (TPSA) is 18.5 Å². The van der Waals surface area contributed by atoms with Crippen LogP contribution in [-0.4, -0.2) is 40.9 Å². The summed E-state index contributed by atoms with van der Waals surface area (Å²) >= 11 is 0. The van der Waals surface area contributed by atoms with Crippen molar-refractivity contribution in [3.8, 4) is 0 Å². The number of ether oxygens (including phenoxy) is 2. The molecule has 0 rings (SSSR count). The molecule has 0 amide bonds. The predicted molar refractivity (Wildman–Crippen MR) is 121 cm³/mol. The molecule has 0 heterocycles. The van der Waals surface area contributed by atoms with E-state index in [0.29, 0.717) is 10.1 Å². The van der Waals surface area contributed by atoms with E-state index in [9.17, 15) is 0 Å². The Balaban J connectivity index is 4.81. The first-order valence-electron chi connectivity index (χ1n) is 10.2. The van der Waals surface area contributed by atoms with E-state index < -0.39 is 17.6 Å². The summed E-state index contributed by atoms with van der Waals surface area (Å²) in [5.41, 5.74) is 0. The third-order valence-electron chi connectivity index (χ3n) is 4.31. The molecule has 0 aromatic rings. The molecular formula is C18H42O2S2Si2. The maximum atomic E-state index is 6.20. The molecule has 24 heavy (non-hydrogen) atoms. The van der Waals surface area contributed by atoms with Gasteiger partial charge in [-0.2, -0.15) is 0 Å². The molecular weight excluding hydrogens is 369 g/mol. The molecule has 0 saturated carbocycles. The van der Waals surface area contributed by atoms with E-state index in [2.05, 4.69) is 41.5 Å². The normalized spacial score (nSPS) is 14.5. The molecule has 0 radical (unpaired) electrons. The summed E-state index contributed by atoms with van der Waals surface area (Å²) in [5, 5.41) is 0.918. The van der Waals surface area contributed by atoms with Crippen molar-refractivity contribution in [1.82, 2.24) is 0 Å². The Bertz CT molecular complexity index is 235. The Morgan fingerprint density at radius 3 is 1.08 bits per heavy atom. The maximum absolute atomic E-state index is 6.20. The van der Waals surface area contributed by atoms with Crippen LogP contribution in [-0.2, 0) is 9.47 Å². The molecule has 146 valence electrons. The fourth-order valence-electron chi connectivity index (χ4n) is 3.24. The quantitative estimate of drug-likeness (QED) is 0.160. The minimum Gasteiger partial charge on any atom is -0.371 e. The Hall–Kier alpha value is 1.05. The van der Waals surface area contributed by atoms with E-state index in [0.717, 1.165) is 13.2 Å². The average Bonchev–Trinajstić information content (AvgIpc) is 2.57. The van der Waals surface area contributed by atoms with Crippen molar-refractivity contribution in [1.29, 1.82) is 0 Å². The molecule has 2 atom stereocenters. The molecule has 0 N–H and O–H groups in total. The summed E-state index contributed by atoms with van der Waals surface area (Å²) < 4.78 is 12.4. The molecule has 0 saturated heterocycles. The number of hydrogen-bond donors (Lipinski definition) is 0. The van der Waals surface area contributed by atoms with E-state index in [1.165, 1.54) is 49.9 Å². The highest BCUT2D eigenvalue weighted by Gasteiger charge is 2.28. The summed E-state index contributed by atoms with van der Waals surface area (Å²) in [6, 6.07) is 5.65. The lowest BCUT2D eigenvalue weighted by Crippen LogP contribution is -2.33. The summed E-state index contributed by atoms with van der Waals surface area (Å²) in [4.78, 5) is 0. The smallest absolute Gasteiger partial charge is 0.0980 e.